The van der Waals surface area contributed by atoms with Gasteiger partial charge in [-0.25, -0.2) is 8.78 Å². The largest absolute Gasteiger partial charge is 0.491 e. The van der Waals surface area contributed by atoms with E-state index < -0.39 is 28.9 Å². The lowest BCUT2D eigenvalue weighted by Crippen LogP contribution is -2.41. The normalized spacial score (nSPS) is 11.2. The first kappa shape index (κ1) is 20.4. The molecule has 0 aliphatic carbocycles. The van der Waals surface area contributed by atoms with Gasteiger partial charge in [0.05, 0.1) is 6.10 Å². The number of nitrogens with one attached hydrogen (secondary N) is 2. The molecule has 7 heteroatoms. The van der Waals surface area contributed by atoms with Crippen LogP contribution in [0.3, 0.4) is 0 Å². The molecule has 0 radical (unpaired) electrons. The van der Waals surface area contributed by atoms with Gasteiger partial charge in [0.15, 0.2) is 11.6 Å². The van der Waals surface area contributed by atoms with Gasteiger partial charge >= 0.3 is 0 Å². The van der Waals surface area contributed by atoms with Crippen molar-refractivity contribution in [2.75, 3.05) is 10.6 Å². The van der Waals surface area contributed by atoms with E-state index in [1.165, 1.54) is 19.9 Å². The molecule has 0 bridgehead atoms. The molecule has 5 nitrogen and oxygen atoms in total. The van der Waals surface area contributed by atoms with Crippen molar-refractivity contribution in [2.45, 2.75) is 33.8 Å². The van der Waals surface area contributed by atoms with Crippen molar-refractivity contribution in [3.8, 4) is 5.75 Å². The number of amides is 2. The molecule has 0 unspecified atom stereocenters. The molecule has 0 saturated heterocycles. The Labute approximate surface area is 156 Å². The highest BCUT2D eigenvalue weighted by molar-refractivity contribution is 6.13. The predicted octanol–water partition coefficient (Wildman–Crippen LogP) is 4.36. The number of carbonyl (C=O) groups is 2. The fraction of sp³-hybridized carbons (Fsp3) is 0.300. The SMILES string of the molecule is CC(C)Oc1ccc(NC(=O)C(C)(C)C(=O)Nc2ccc(F)c(F)c2)cc1. The number of hydrogen-bond acceptors (Lipinski definition) is 3. The van der Waals surface area contributed by atoms with Gasteiger partial charge in [-0.2, -0.15) is 0 Å². The monoisotopic (exact) mass is 376 g/mol. The van der Waals surface area contributed by atoms with Crippen molar-refractivity contribution >= 4 is 23.2 Å². The van der Waals surface area contributed by atoms with Crippen molar-refractivity contribution in [1.82, 2.24) is 0 Å². The lowest BCUT2D eigenvalue weighted by atomic mass is 9.90. The molecular formula is C20H22F2N2O3. The maximum Gasteiger partial charge on any atom is 0.239 e. The van der Waals surface area contributed by atoms with Crippen molar-refractivity contribution in [3.63, 3.8) is 0 Å². The third-order valence-corrected chi connectivity index (χ3v) is 3.80. The van der Waals surface area contributed by atoms with Crippen molar-refractivity contribution in [3.05, 3.63) is 54.1 Å². The van der Waals surface area contributed by atoms with Gasteiger partial charge in [-0.05, 0) is 64.1 Å². The van der Waals surface area contributed by atoms with Crippen LogP contribution in [0.4, 0.5) is 20.2 Å². The van der Waals surface area contributed by atoms with Crippen LogP contribution in [-0.2, 0) is 9.59 Å². The molecule has 0 spiro atoms. The molecule has 0 fully saturated rings. The standard InChI is InChI=1S/C20H22F2N2O3/c1-12(2)27-15-8-5-13(6-9-15)23-18(25)20(3,4)19(26)24-14-7-10-16(21)17(22)11-14/h5-12H,1-4H3,(H,23,25)(H,24,26). The van der Waals surface area contributed by atoms with Gasteiger partial charge in [0.1, 0.15) is 11.2 Å². The molecule has 0 aromatic heterocycles. The number of benzene rings is 2. The summed E-state index contributed by atoms with van der Waals surface area (Å²) in [5.74, 6) is -2.63. The van der Waals surface area contributed by atoms with E-state index in [0.29, 0.717) is 11.4 Å². The van der Waals surface area contributed by atoms with E-state index in [0.717, 1.165) is 12.1 Å². The van der Waals surface area contributed by atoms with Crippen molar-refractivity contribution < 1.29 is 23.1 Å². The van der Waals surface area contributed by atoms with Crippen LogP contribution >= 0.6 is 0 Å². The maximum absolute atomic E-state index is 13.3. The molecule has 144 valence electrons. The van der Waals surface area contributed by atoms with Crippen LogP contribution in [0.2, 0.25) is 0 Å². The van der Waals surface area contributed by atoms with E-state index in [1.807, 2.05) is 13.8 Å². The van der Waals surface area contributed by atoms with Gasteiger partial charge in [-0.15, -0.1) is 0 Å². The summed E-state index contributed by atoms with van der Waals surface area (Å²) in [4.78, 5) is 24.9. The summed E-state index contributed by atoms with van der Waals surface area (Å²) in [5, 5.41) is 5.08. The molecule has 27 heavy (non-hydrogen) atoms. The molecule has 0 aliphatic rings. The molecule has 2 aromatic carbocycles. The lowest BCUT2D eigenvalue weighted by Gasteiger charge is -2.23. The van der Waals surface area contributed by atoms with Gasteiger partial charge in [0, 0.05) is 17.4 Å². The molecule has 2 rings (SSSR count). The molecule has 0 heterocycles. The smallest absolute Gasteiger partial charge is 0.239 e. The number of carbonyl (C=O) groups excluding carboxylic acids is 2. The van der Waals surface area contributed by atoms with E-state index in [-0.39, 0.29) is 11.8 Å². The molecule has 0 saturated carbocycles. The fourth-order valence-corrected chi connectivity index (χ4v) is 2.14. The Morgan fingerprint density at radius 1 is 0.889 bits per heavy atom. The number of ether oxygens (including phenoxy) is 1. The minimum absolute atomic E-state index is 0.0318. The second-order valence-electron chi connectivity index (χ2n) is 6.85. The zero-order valence-corrected chi connectivity index (χ0v) is 15.6. The molecular weight excluding hydrogens is 354 g/mol. The Morgan fingerprint density at radius 3 is 1.93 bits per heavy atom. The van der Waals surface area contributed by atoms with E-state index in [9.17, 15) is 18.4 Å². The first-order chi connectivity index (χ1) is 12.6. The summed E-state index contributed by atoms with van der Waals surface area (Å²) >= 11 is 0. The van der Waals surface area contributed by atoms with Crippen LogP contribution in [0, 0.1) is 17.0 Å². The highest BCUT2D eigenvalue weighted by atomic mass is 19.2. The van der Waals surface area contributed by atoms with Crippen LogP contribution in [-0.4, -0.2) is 17.9 Å². The summed E-state index contributed by atoms with van der Waals surface area (Å²) in [6, 6.07) is 9.73. The number of anilines is 2. The van der Waals surface area contributed by atoms with Crippen LogP contribution in [0.5, 0.6) is 5.75 Å². The predicted molar refractivity (Wildman–Crippen MR) is 99.6 cm³/mol. The first-order valence-corrected chi connectivity index (χ1v) is 8.44. The van der Waals surface area contributed by atoms with Crippen molar-refractivity contribution in [1.29, 1.82) is 0 Å². The lowest BCUT2D eigenvalue weighted by molar-refractivity contribution is -0.135. The second-order valence-corrected chi connectivity index (χ2v) is 6.85. The van der Waals surface area contributed by atoms with Gasteiger partial charge < -0.3 is 15.4 Å². The molecule has 2 N–H and O–H groups in total. The number of halogens is 2. The Kier molecular flexibility index (Phi) is 6.15. The third kappa shape index (κ3) is 5.26. The van der Waals surface area contributed by atoms with Gasteiger partial charge in [-0.3, -0.25) is 9.59 Å². The summed E-state index contributed by atoms with van der Waals surface area (Å²) in [7, 11) is 0. The number of rotatable bonds is 6. The van der Waals surface area contributed by atoms with Gasteiger partial charge in [-0.1, -0.05) is 0 Å². The number of hydrogen-bond donors (Lipinski definition) is 2. The van der Waals surface area contributed by atoms with E-state index in [4.69, 9.17) is 4.74 Å². The van der Waals surface area contributed by atoms with E-state index in [2.05, 4.69) is 10.6 Å². The Balaban J connectivity index is 2.04. The third-order valence-electron chi connectivity index (χ3n) is 3.80. The van der Waals surface area contributed by atoms with Crippen LogP contribution < -0.4 is 15.4 Å². The minimum Gasteiger partial charge on any atom is -0.491 e. The zero-order chi connectivity index (χ0) is 20.2. The topological polar surface area (TPSA) is 67.4 Å². The van der Waals surface area contributed by atoms with Gasteiger partial charge in [0.25, 0.3) is 0 Å². The Bertz CT molecular complexity index is 834. The molecule has 0 atom stereocenters. The Morgan fingerprint density at radius 2 is 1.41 bits per heavy atom. The summed E-state index contributed by atoms with van der Waals surface area (Å²) < 4.78 is 31.8. The minimum atomic E-state index is -1.45. The second kappa shape index (κ2) is 8.16. The van der Waals surface area contributed by atoms with E-state index >= 15 is 0 Å². The average Bonchev–Trinajstić information content (AvgIpc) is 2.59. The van der Waals surface area contributed by atoms with Crippen LogP contribution in [0.15, 0.2) is 42.5 Å². The molecule has 2 amide bonds. The van der Waals surface area contributed by atoms with E-state index in [1.54, 1.807) is 24.3 Å². The summed E-state index contributed by atoms with van der Waals surface area (Å²) in [6.07, 6.45) is 0.0318. The highest BCUT2D eigenvalue weighted by Crippen LogP contribution is 2.23. The highest BCUT2D eigenvalue weighted by Gasteiger charge is 2.36. The molecule has 2 aromatic rings. The fourth-order valence-electron chi connectivity index (χ4n) is 2.14. The zero-order valence-electron chi connectivity index (χ0n) is 15.6. The maximum atomic E-state index is 13.3. The average molecular weight is 376 g/mol. The quantitative estimate of drug-likeness (QED) is 0.737. The van der Waals surface area contributed by atoms with Crippen LogP contribution in [0.1, 0.15) is 27.7 Å². The van der Waals surface area contributed by atoms with Crippen molar-refractivity contribution in [2.24, 2.45) is 5.41 Å². The van der Waals surface area contributed by atoms with Gasteiger partial charge in [0.2, 0.25) is 11.8 Å². The summed E-state index contributed by atoms with van der Waals surface area (Å²) in [6.45, 7) is 6.69. The first-order valence-electron chi connectivity index (χ1n) is 8.44. The Hall–Kier alpha value is -2.96. The van der Waals surface area contributed by atoms with Crippen LogP contribution in [0.25, 0.3) is 0 Å². The summed E-state index contributed by atoms with van der Waals surface area (Å²) in [5.41, 5.74) is -0.877. The molecule has 0 aliphatic heterocycles.